The molecular weight excluding hydrogens is 556 g/mol. The van der Waals surface area contributed by atoms with Crippen molar-refractivity contribution in [1.82, 2.24) is 0 Å². The summed E-state index contributed by atoms with van der Waals surface area (Å²) in [5.74, 6) is -4.61. The van der Waals surface area contributed by atoms with Gasteiger partial charge in [-0.25, -0.2) is 19.2 Å². The van der Waals surface area contributed by atoms with Gasteiger partial charge in [-0.3, -0.25) is 20.2 Å². The number of rotatable bonds is 12. The summed E-state index contributed by atoms with van der Waals surface area (Å²) in [6, 6.07) is 15.9. The van der Waals surface area contributed by atoms with Crippen LogP contribution in [-0.2, 0) is 28.5 Å². The molecule has 14 heteroatoms. The highest BCUT2D eigenvalue weighted by Gasteiger charge is 2.40. The first-order chi connectivity index (χ1) is 20.1. The monoisotopic (exact) mass is 580 g/mol. The third kappa shape index (κ3) is 7.29. The zero-order valence-corrected chi connectivity index (χ0v) is 22.3. The fourth-order valence-electron chi connectivity index (χ4n) is 3.76. The Kier molecular flexibility index (Phi) is 10.4. The average Bonchev–Trinajstić information content (AvgIpc) is 2.98. The zero-order valence-electron chi connectivity index (χ0n) is 22.3. The summed E-state index contributed by atoms with van der Waals surface area (Å²) < 4.78 is 20.6. The van der Waals surface area contributed by atoms with Crippen molar-refractivity contribution in [1.29, 1.82) is 0 Å². The van der Waals surface area contributed by atoms with Crippen molar-refractivity contribution in [3.8, 4) is 0 Å². The van der Waals surface area contributed by atoms with Crippen LogP contribution in [0.2, 0.25) is 0 Å². The molecule has 0 aromatic heterocycles. The molecule has 3 aromatic rings. The van der Waals surface area contributed by atoms with Gasteiger partial charge < -0.3 is 18.9 Å². The van der Waals surface area contributed by atoms with Crippen LogP contribution in [0.15, 0.2) is 72.8 Å². The minimum Gasteiger partial charge on any atom is -0.463 e. The summed E-state index contributed by atoms with van der Waals surface area (Å²) in [6.45, 7) is 2.44. The minimum absolute atomic E-state index is 0.0159. The summed E-state index contributed by atoms with van der Waals surface area (Å²) in [7, 11) is 0. The largest absolute Gasteiger partial charge is 0.463 e. The number of benzene rings is 3. The van der Waals surface area contributed by atoms with Gasteiger partial charge in [-0.05, 0) is 44.2 Å². The molecule has 0 aliphatic rings. The van der Waals surface area contributed by atoms with Crippen molar-refractivity contribution in [3.63, 3.8) is 0 Å². The first kappa shape index (κ1) is 30.9. The van der Waals surface area contributed by atoms with E-state index in [0.29, 0.717) is 6.07 Å². The van der Waals surface area contributed by atoms with Crippen molar-refractivity contribution < 1.29 is 48.0 Å². The highest BCUT2D eigenvalue weighted by atomic mass is 16.6. The molecule has 14 nitrogen and oxygen atoms in total. The highest BCUT2D eigenvalue weighted by Crippen LogP contribution is 2.39. The molecule has 3 aromatic carbocycles. The van der Waals surface area contributed by atoms with Gasteiger partial charge in [0.25, 0.3) is 11.4 Å². The van der Waals surface area contributed by atoms with Crippen LogP contribution in [0.1, 0.15) is 57.9 Å². The lowest BCUT2D eigenvalue weighted by atomic mass is 9.98. The van der Waals surface area contributed by atoms with Gasteiger partial charge in [0, 0.05) is 0 Å². The Morgan fingerprint density at radius 2 is 1.00 bits per heavy atom. The number of nitro groups is 2. The Morgan fingerprint density at radius 3 is 1.31 bits per heavy atom. The van der Waals surface area contributed by atoms with E-state index in [9.17, 15) is 39.4 Å². The molecule has 218 valence electrons. The molecule has 0 heterocycles. The predicted molar refractivity (Wildman–Crippen MR) is 142 cm³/mol. The van der Waals surface area contributed by atoms with Crippen molar-refractivity contribution in [2.45, 2.75) is 26.1 Å². The maximum Gasteiger partial charge on any atom is 0.352 e. The molecule has 0 aliphatic carbocycles. The summed E-state index contributed by atoms with van der Waals surface area (Å²) in [4.78, 5) is 73.6. The molecular formula is C28H24N2O12. The summed E-state index contributed by atoms with van der Waals surface area (Å²) in [6.07, 6.45) is -4.21. The Hall–Kier alpha value is -5.66. The third-order valence-electron chi connectivity index (χ3n) is 5.60. The highest BCUT2D eigenvalue weighted by molar-refractivity contribution is 5.93. The minimum atomic E-state index is -2.11. The van der Waals surface area contributed by atoms with Crippen molar-refractivity contribution in [2.75, 3.05) is 13.2 Å². The lowest BCUT2D eigenvalue weighted by Gasteiger charge is -2.20. The Bertz CT molecular complexity index is 1380. The van der Waals surface area contributed by atoms with E-state index in [2.05, 4.69) is 0 Å². The van der Waals surface area contributed by atoms with E-state index in [-0.39, 0.29) is 24.3 Å². The summed E-state index contributed by atoms with van der Waals surface area (Å²) in [5.41, 5.74) is -3.37. The van der Waals surface area contributed by atoms with Crippen LogP contribution in [0.5, 0.6) is 0 Å². The quantitative estimate of drug-likeness (QED) is 0.127. The van der Waals surface area contributed by atoms with Crippen LogP contribution in [0.25, 0.3) is 0 Å². The molecule has 0 saturated carbocycles. The number of nitro benzene ring substituents is 2. The predicted octanol–water partition coefficient (Wildman–Crippen LogP) is 4.43. The van der Waals surface area contributed by atoms with Crippen LogP contribution >= 0.6 is 0 Å². The molecule has 0 amide bonds. The number of hydrogen-bond acceptors (Lipinski definition) is 12. The summed E-state index contributed by atoms with van der Waals surface area (Å²) >= 11 is 0. The number of carbonyl (C=O) groups is 4. The van der Waals surface area contributed by atoms with Crippen LogP contribution in [0.4, 0.5) is 11.4 Å². The average molecular weight is 581 g/mol. The number of carbonyl (C=O) groups excluding carboxylic acids is 4. The van der Waals surface area contributed by atoms with Gasteiger partial charge in [-0.1, -0.05) is 36.4 Å². The fourth-order valence-corrected chi connectivity index (χ4v) is 3.76. The fraction of sp³-hybridized carbons (Fsp3) is 0.214. The standard InChI is InChI=1S/C28H24N2O12/c1-3-39-27(33)23(41-25(31)17-11-7-5-8-12-17)19-15-20(22(30(37)38)16-21(19)29(35)36)24(28(34)40-4-2)42-26(32)18-13-9-6-10-14-18/h5-16,23-24H,3-4H2,1-2H3/t23-,24+. The van der Waals surface area contributed by atoms with Gasteiger partial charge in [-0.15, -0.1) is 0 Å². The van der Waals surface area contributed by atoms with E-state index in [4.69, 9.17) is 18.9 Å². The maximum atomic E-state index is 13.0. The maximum absolute atomic E-state index is 13.0. The number of ether oxygens (including phenoxy) is 4. The van der Waals surface area contributed by atoms with E-state index < -0.39 is 68.4 Å². The smallest absolute Gasteiger partial charge is 0.352 e. The normalized spacial score (nSPS) is 11.9. The van der Waals surface area contributed by atoms with Gasteiger partial charge in [0.1, 0.15) is 0 Å². The lowest BCUT2D eigenvalue weighted by molar-refractivity contribution is -0.395. The SMILES string of the molecule is CCOC(=O)[C@@H](OC(=O)c1ccccc1)c1cc([C@@H](OC(=O)c2ccccc2)C(=O)OCC)c([N+](=O)[O-])cc1[N+](=O)[O-]. The van der Waals surface area contributed by atoms with Crippen molar-refractivity contribution in [2.24, 2.45) is 0 Å². The second-order valence-corrected chi connectivity index (χ2v) is 8.29. The van der Waals surface area contributed by atoms with Gasteiger partial charge in [0.05, 0.1) is 51.4 Å². The molecule has 0 N–H and O–H groups in total. The molecule has 0 saturated heterocycles. The number of hydrogen-bond donors (Lipinski definition) is 0. The van der Waals surface area contributed by atoms with E-state index in [1.807, 2.05) is 0 Å². The molecule has 0 fully saturated rings. The van der Waals surface area contributed by atoms with Crippen LogP contribution in [-0.4, -0.2) is 46.9 Å². The van der Waals surface area contributed by atoms with Gasteiger partial charge in [0.15, 0.2) is 0 Å². The topological polar surface area (TPSA) is 191 Å². The lowest BCUT2D eigenvalue weighted by Crippen LogP contribution is -2.26. The first-order valence-corrected chi connectivity index (χ1v) is 12.4. The molecule has 0 radical (unpaired) electrons. The Morgan fingerprint density at radius 1 is 0.643 bits per heavy atom. The first-order valence-electron chi connectivity index (χ1n) is 12.4. The molecule has 0 spiro atoms. The zero-order chi connectivity index (χ0) is 30.8. The van der Waals surface area contributed by atoms with Gasteiger partial charge in [0.2, 0.25) is 12.2 Å². The third-order valence-corrected chi connectivity index (χ3v) is 5.60. The van der Waals surface area contributed by atoms with E-state index in [0.717, 1.165) is 6.07 Å². The molecule has 2 atom stereocenters. The molecule has 0 unspecified atom stereocenters. The number of nitrogens with zero attached hydrogens (tertiary/aromatic N) is 2. The Labute approximate surface area is 238 Å². The molecule has 0 aliphatic heterocycles. The van der Waals surface area contributed by atoms with Crippen molar-refractivity contribution >= 4 is 35.3 Å². The molecule has 3 rings (SSSR count). The Balaban J connectivity index is 2.24. The van der Waals surface area contributed by atoms with E-state index >= 15 is 0 Å². The molecule has 42 heavy (non-hydrogen) atoms. The van der Waals surface area contributed by atoms with Crippen LogP contribution in [0.3, 0.4) is 0 Å². The van der Waals surface area contributed by atoms with Gasteiger partial charge in [-0.2, -0.15) is 0 Å². The molecule has 0 bridgehead atoms. The van der Waals surface area contributed by atoms with Crippen molar-refractivity contribution in [3.05, 3.63) is 115 Å². The van der Waals surface area contributed by atoms with E-state index in [1.54, 1.807) is 12.1 Å². The van der Waals surface area contributed by atoms with Gasteiger partial charge >= 0.3 is 23.9 Å². The second kappa shape index (κ2) is 14.1. The van der Waals surface area contributed by atoms with Crippen LogP contribution < -0.4 is 0 Å². The number of esters is 4. The van der Waals surface area contributed by atoms with Crippen LogP contribution in [0, 0.1) is 20.2 Å². The summed E-state index contributed by atoms with van der Waals surface area (Å²) in [5, 5.41) is 24.1. The van der Waals surface area contributed by atoms with E-state index in [1.165, 1.54) is 62.4 Å². The second-order valence-electron chi connectivity index (χ2n) is 8.29.